The third-order valence-corrected chi connectivity index (χ3v) is 6.18. The van der Waals surface area contributed by atoms with E-state index in [-0.39, 0.29) is 29.2 Å². The van der Waals surface area contributed by atoms with Crippen molar-refractivity contribution in [1.29, 1.82) is 0 Å². The van der Waals surface area contributed by atoms with Crippen molar-refractivity contribution >= 4 is 34.3 Å². The second-order valence-electron chi connectivity index (χ2n) is 8.18. The van der Waals surface area contributed by atoms with Crippen molar-refractivity contribution in [3.05, 3.63) is 58.6 Å². The topological polar surface area (TPSA) is 53.1 Å². The lowest BCUT2D eigenvalue weighted by molar-refractivity contribution is 0.350. The number of fused-ring (bicyclic) bond motifs is 1. The SMILES string of the molecule is CN(C)c1nc(N[C@H]2CC[C@@H](NCc3c(F)ccc(F)c3Cl)CC2)nc2ccccc12. The van der Waals surface area contributed by atoms with Crippen LogP contribution in [0.1, 0.15) is 31.2 Å². The van der Waals surface area contributed by atoms with E-state index in [2.05, 4.69) is 15.6 Å². The Morgan fingerprint density at radius 3 is 2.39 bits per heavy atom. The van der Waals surface area contributed by atoms with Gasteiger partial charge in [-0.1, -0.05) is 23.7 Å². The van der Waals surface area contributed by atoms with Crippen LogP contribution in [0.25, 0.3) is 10.9 Å². The number of nitrogens with one attached hydrogen (secondary N) is 2. The first-order valence-electron chi connectivity index (χ1n) is 10.5. The molecule has 0 amide bonds. The fraction of sp³-hybridized carbons (Fsp3) is 0.391. The van der Waals surface area contributed by atoms with Gasteiger partial charge < -0.3 is 15.5 Å². The van der Waals surface area contributed by atoms with E-state index >= 15 is 0 Å². The van der Waals surface area contributed by atoms with Crippen molar-refractivity contribution in [2.75, 3.05) is 24.3 Å². The Kier molecular flexibility index (Phi) is 6.53. The smallest absolute Gasteiger partial charge is 0.225 e. The Labute approximate surface area is 185 Å². The Morgan fingerprint density at radius 2 is 1.65 bits per heavy atom. The van der Waals surface area contributed by atoms with Gasteiger partial charge in [0.25, 0.3) is 0 Å². The van der Waals surface area contributed by atoms with Crippen LogP contribution >= 0.6 is 11.6 Å². The summed E-state index contributed by atoms with van der Waals surface area (Å²) in [5, 5.41) is 7.68. The predicted molar refractivity (Wildman–Crippen MR) is 122 cm³/mol. The van der Waals surface area contributed by atoms with Gasteiger partial charge in [-0.2, -0.15) is 4.98 Å². The second kappa shape index (κ2) is 9.32. The molecule has 0 saturated heterocycles. The van der Waals surface area contributed by atoms with E-state index in [0.29, 0.717) is 5.95 Å². The van der Waals surface area contributed by atoms with Gasteiger partial charge in [-0.05, 0) is 49.9 Å². The number of rotatable bonds is 6. The first kappa shape index (κ1) is 21.7. The van der Waals surface area contributed by atoms with Crippen LogP contribution in [0.4, 0.5) is 20.5 Å². The van der Waals surface area contributed by atoms with E-state index in [0.717, 1.165) is 54.5 Å². The predicted octanol–water partition coefficient (Wildman–Crippen LogP) is 5.14. The molecule has 0 atom stereocenters. The molecule has 1 aliphatic rings. The maximum atomic E-state index is 14.0. The van der Waals surface area contributed by atoms with Gasteiger partial charge in [0.15, 0.2) is 0 Å². The highest BCUT2D eigenvalue weighted by molar-refractivity contribution is 6.31. The van der Waals surface area contributed by atoms with Gasteiger partial charge in [0, 0.05) is 43.7 Å². The second-order valence-corrected chi connectivity index (χ2v) is 8.56. The quantitative estimate of drug-likeness (QED) is 0.514. The Balaban J connectivity index is 1.36. The molecule has 1 aliphatic carbocycles. The third-order valence-electron chi connectivity index (χ3n) is 5.77. The van der Waals surface area contributed by atoms with Gasteiger partial charge in [-0.25, -0.2) is 13.8 Å². The van der Waals surface area contributed by atoms with Crippen LogP contribution in [-0.2, 0) is 6.54 Å². The summed E-state index contributed by atoms with van der Waals surface area (Å²) in [4.78, 5) is 11.4. The van der Waals surface area contributed by atoms with Crippen LogP contribution in [0.2, 0.25) is 5.02 Å². The van der Waals surface area contributed by atoms with Gasteiger partial charge in [0.05, 0.1) is 10.5 Å². The summed E-state index contributed by atoms with van der Waals surface area (Å²) < 4.78 is 27.6. The van der Waals surface area contributed by atoms with Gasteiger partial charge >= 0.3 is 0 Å². The molecule has 8 heteroatoms. The standard InChI is InChI=1S/C23H26ClF2N5/c1-31(2)22-16-5-3-4-6-20(16)29-23(30-22)28-15-9-7-14(8-10-15)27-13-17-18(25)11-12-19(26)21(17)24/h3-6,11-12,14-15,27H,7-10,13H2,1-2H3,(H,28,29,30)/t14-,15+. The van der Waals surface area contributed by atoms with Crippen LogP contribution in [0.15, 0.2) is 36.4 Å². The summed E-state index contributed by atoms with van der Waals surface area (Å²) in [7, 11) is 3.95. The molecule has 3 aromatic rings. The molecule has 5 nitrogen and oxygen atoms in total. The number of anilines is 2. The lowest BCUT2D eigenvalue weighted by Crippen LogP contribution is -2.37. The first-order chi connectivity index (χ1) is 14.9. The minimum atomic E-state index is -0.597. The van der Waals surface area contributed by atoms with E-state index in [1.54, 1.807) is 0 Å². The van der Waals surface area contributed by atoms with Crippen molar-refractivity contribution in [2.24, 2.45) is 0 Å². The number of nitrogens with zero attached hydrogens (tertiary/aromatic N) is 3. The van der Waals surface area contributed by atoms with E-state index in [1.165, 1.54) is 0 Å². The fourth-order valence-electron chi connectivity index (χ4n) is 4.07. The molecule has 0 bridgehead atoms. The average molecular weight is 446 g/mol. The number of hydrogen-bond donors (Lipinski definition) is 2. The Hall–Kier alpha value is -2.51. The monoisotopic (exact) mass is 445 g/mol. The number of benzene rings is 2. The van der Waals surface area contributed by atoms with Crippen LogP contribution < -0.4 is 15.5 Å². The summed E-state index contributed by atoms with van der Waals surface area (Å²) in [5.74, 6) is 0.435. The summed E-state index contributed by atoms with van der Waals surface area (Å²) in [6.45, 7) is 0.213. The molecule has 1 saturated carbocycles. The molecule has 1 aromatic heterocycles. The van der Waals surface area contributed by atoms with Crippen molar-refractivity contribution in [1.82, 2.24) is 15.3 Å². The third kappa shape index (κ3) is 4.88. The largest absolute Gasteiger partial charge is 0.362 e. The van der Waals surface area contributed by atoms with E-state index in [4.69, 9.17) is 16.6 Å². The molecule has 164 valence electrons. The van der Waals surface area contributed by atoms with Crippen molar-refractivity contribution in [3.8, 4) is 0 Å². The molecule has 1 fully saturated rings. The zero-order chi connectivity index (χ0) is 22.0. The Bertz CT molecular complexity index is 1070. The average Bonchev–Trinajstić information content (AvgIpc) is 2.77. The number of aromatic nitrogens is 2. The summed E-state index contributed by atoms with van der Waals surface area (Å²) in [6, 6.07) is 10.6. The molecule has 0 spiro atoms. The molecule has 4 rings (SSSR count). The lowest BCUT2D eigenvalue weighted by atomic mass is 9.91. The van der Waals surface area contributed by atoms with Gasteiger partial charge in [0.1, 0.15) is 17.5 Å². The molecular weight excluding hydrogens is 420 g/mol. The molecule has 2 N–H and O–H groups in total. The first-order valence-corrected chi connectivity index (χ1v) is 10.9. The molecule has 31 heavy (non-hydrogen) atoms. The van der Waals surface area contributed by atoms with Crippen molar-refractivity contribution in [3.63, 3.8) is 0 Å². The van der Waals surface area contributed by atoms with Crippen LogP contribution in [0, 0.1) is 11.6 Å². The summed E-state index contributed by atoms with van der Waals surface area (Å²) in [5.41, 5.74) is 1.09. The normalized spacial score (nSPS) is 18.9. The highest BCUT2D eigenvalue weighted by Gasteiger charge is 2.23. The molecule has 1 heterocycles. The van der Waals surface area contributed by atoms with Crippen LogP contribution in [0.5, 0.6) is 0 Å². The van der Waals surface area contributed by atoms with Gasteiger partial charge in [-0.15, -0.1) is 0 Å². The molecule has 2 aromatic carbocycles. The molecule has 0 unspecified atom stereocenters. The number of para-hydroxylation sites is 1. The van der Waals surface area contributed by atoms with E-state index in [9.17, 15) is 8.78 Å². The van der Waals surface area contributed by atoms with Crippen LogP contribution in [0.3, 0.4) is 0 Å². The maximum Gasteiger partial charge on any atom is 0.225 e. The highest BCUT2D eigenvalue weighted by atomic mass is 35.5. The zero-order valence-corrected chi connectivity index (χ0v) is 18.4. The molecule has 0 aliphatic heterocycles. The maximum absolute atomic E-state index is 14.0. The minimum absolute atomic E-state index is 0.145. The Morgan fingerprint density at radius 1 is 0.968 bits per heavy atom. The summed E-state index contributed by atoms with van der Waals surface area (Å²) >= 11 is 5.92. The lowest BCUT2D eigenvalue weighted by Gasteiger charge is -2.30. The highest BCUT2D eigenvalue weighted by Crippen LogP contribution is 2.27. The van der Waals surface area contributed by atoms with Gasteiger partial charge in [-0.3, -0.25) is 0 Å². The zero-order valence-electron chi connectivity index (χ0n) is 17.6. The van der Waals surface area contributed by atoms with E-state index in [1.807, 2.05) is 43.3 Å². The minimum Gasteiger partial charge on any atom is -0.362 e. The van der Waals surface area contributed by atoms with Crippen molar-refractivity contribution < 1.29 is 8.78 Å². The van der Waals surface area contributed by atoms with Gasteiger partial charge in [0.2, 0.25) is 5.95 Å². The summed E-state index contributed by atoms with van der Waals surface area (Å²) in [6.07, 6.45) is 3.70. The van der Waals surface area contributed by atoms with Crippen molar-refractivity contribution in [2.45, 2.75) is 44.3 Å². The van der Waals surface area contributed by atoms with Crippen LogP contribution in [-0.4, -0.2) is 36.1 Å². The fourth-order valence-corrected chi connectivity index (χ4v) is 4.29. The molecule has 0 radical (unpaired) electrons. The number of hydrogen-bond acceptors (Lipinski definition) is 5. The molecular formula is C23H26ClF2N5. The van der Waals surface area contributed by atoms with E-state index < -0.39 is 11.6 Å². The number of halogens is 3.